The first-order valence-electron chi connectivity index (χ1n) is 11.3. The maximum Gasteiger partial charge on any atom is 0.339 e. The van der Waals surface area contributed by atoms with Gasteiger partial charge in [-0.05, 0) is 54.8 Å². The average Bonchev–Trinajstić information content (AvgIpc) is 2.78. The number of unbranched alkanes of at least 4 members (excludes halogenated alkanes) is 2. The van der Waals surface area contributed by atoms with Crippen molar-refractivity contribution in [2.75, 3.05) is 13.2 Å². The number of carbonyl (C=O) groups excluding carboxylic acids is 2. The van der Waals surface area contributed by atoms with Crippen LogP contribution in [0, 0.1) is 11.8 Å². The van der Waals surface area contributed by atoms with Gasteiger partial charge in [-0.3, -0.25) is 5.14 Å². The monoisotopic (exact) mass is 437 g/mol. The molecule has 0 radical (unpaired) electrons. The molecule has 1 aromatic rings. The van der Waals surface area contributed by atoms with E-state index in [0.717, 1.165) is 63.3 Å². The highest BCUT2D eigenvalue weighted by Crippen LogP contribution is 2.22. The normalized spacial score (nSPS) is 13.0. The third-order valence-electron chi connectivity index (χ3n) is 5.55. The van der Waals surface area contributed by atoms with Crippen molar-refractivity contribution in [1.29, 1.82) is 0 Å². The lowest BCUT2D eigenvalue weighted by atomic mass is 10.0. The zero-order valence-corrected chi connectivity index (χ0v) is 19.9. The molecule has 30 heavy (non-hydrogen) atoms. The van der Waals surface area contributed by atoms with Crippen LogP contribution in [0.1, 0.15) is 99.8 Å². The Morgan fingerprint density at radius 2 is 1.37 bits per heavy atom. The summed E-state index contributed by atoms with van der Waals surface area (Å²) in [6.45, 7) is 9.24. The summed E-state index contributed by atoms with van der Waals surface area (Å²) in [6.07, 6.45) is 8.45. The molecule has 0 spiro atoms. The molecule has 0 saturated heterocycles. The van der Waals surface area contributed by atoms with Gasteiger partial charge in [-0.25, -0.2) is 9.59 Å². The highest BCUT2D eigenvalue weighted by molar-refractivity contribution is 7.97. The van der Waals surface area contributed by atoms with E-state index < -0.39 is 11.9 Å². The van der Waals surface area contributed by atoms with E-state index in [4.69, 9.17) is 14.6 Å². The van der Waals surface area contributed by atoms with Gasteiger partial charge in [0.2, 0.25) is 0 Å². The molecule has 5 nitrogen and oxygen atoms in total. The van der Waals surface area contributed by atoms with Crippen LogP contribution >= 0.6 is 11.9 Å². The second-order valence-corrected chi connectivity index (χ2v) is 8.56. The first kappa shape index (κ1) is 26.5. The second kappa shape index (κ2) is 15.3. The molecule has 0 aliphatic carbocycles. The third-order valence-corrected chi connectivity index (χ3v) is 6.08. The highest BCUT2D eigenvalue weighted by Gasteiger charge is 2.22. The molecule has 0 aliphatic heterocycles. The van der Waals surface area contributed by atoms with Gasteiger partial charge >= 0.3 is 11.9 Å². The minimum atomic E-state index is -0.495. The molecule has 2 unspecified atom stereocenters. The van der Waals surface area contributed by atoms with Crippen molar-refractivity contribution in [2.24, 2.45) is 17.0 Å². The molecule has 0 saturated carbocycles. The summed E-state index contributed by atoms with van der Waals surface area (Å²) >= 11 is 1.03. The van der Waals surface area contributed by atoms with E-state index in [9.17, 15) is 9.59 Å². The number of hydrogen-bond acceptors (Lipinski definition) is 6. The fraction of sp³-hybridized carbons (Fsp3) is 0.667. The summed E-state index contributed by atoms with van der Waals surface area (Å²) < 4.78 is 11.1. The molecule has 170 valence electrons. The minimum absolute atomic E-state index is 0.224. The first-order valence-corrected chi connectivity index (χ1v) is 12.2. The van der Waals surface area contributed by atoms with Crippen molar-refractivity contribution in [3.05, 3.63) is 29.3 Å². The molecule has 0 aliphatic rings. The number of rotatable bonds is 15. The van der Waals surface area contributed by atoms with Gasteiger partial charge < -0.3 is 9.47 Å². The Hall–Kier alpha value is -1.53. The molecule has 0 amide bonds. The molecule has 2 atom stereocenters. The Bertz CT molecular complexity index is 650. The molecule has 1 rings (SSSR count). The summed E-state index contributed by atoms with van der Waals surface area (Å²) in [5.74, 6) is -0.304. The maximum absolute atomic E-state index is 12.8. The SMILES string of the molecule is CCCCC(CC)COC(=O)c1ccc(SN)cc1C(=O)OCC(CC)CCCC. The lowest BCUT2D eigenvalue weighted by molar-refractivity contribution is 0.0381. The maximum atomic E-state index is 12.8. The lowest BCUT2D eigenvalue weighted by Crippen LogP contribution is -2.19. The largest absolute Gasteiger partial charge is 0.462 e. The predicted octanol–water partition coefficient (Wildman–Crippen LogP) is 6.40. The van der Waals surface area contributed by atoms with Crippen molar-refractivity contribution in [3.8, 4) is 0 Å². The summed E-state index contributed by atoms with van der Waals surface area (Å²) in [4.78, 5) is 26.2. The Kier molecular flexibility index (Phi) is 13.5. The highest BCUT2D eigenvalue weighted by atomic mass is 32.2. The zero-order valence-electron chi connectivity index (χ0n) is 19.1. The quantitative estimate of drug-likeness (QED) is 0.253. The number of carbonyl (C=O) groups is 2. The van der Waals surface area contributed by atoms with Gasteiger partial charge in [0, 0.05) is 4.90 Å². The van der Waals surface area contributed by atoms with Crippen LogP contribution in [0.5, 0.6) is 0 Å². The van der Waals surface area contributed by atoms with Gasteiger partial charge in [-0.15, -0.1) is 0 Å². The molecule has 0 heterocycles. The van der Waals surface area contributed by atoms with Crippen molar-refractivity contribution in [3.63, 3.8) is 0 Å². The minimum Gasteiger partial charge on any atom is -0.462 e. The van der Waals surface area contributed by atoms with Crippen LogP contribution in [0.15, 0.2) is 23.1 Å². The van der Waals surface area contributed by atoms with E-state index in [1.165, 1.54) is 0 Å². The van der Waals surface area contributed by atoms with Crippen LogP contribution < -0.4 is 5.14 Å². The van der Waals surface area contributed by atoms with Crippen LogP contribution in [-0.4, -0.2) is 25.2 Å². The molecule has 0 fully saturated rings. The smallest absolute Gasteiger partial charge is 0.339 e. The van der Waals surface area contributed by atoms with Crippen molar-refractivity contribution in [1.82, 2.24) is 0 Å². The lowest BCUT2D eigenvalue weighted by Gasteiger charge is -2.17. The number of ether oxygens (including phenoxy) is 2. The van der Waals surface area contributed by atoms with E-state index >= 15 is 0 Å². The van der Waals surface area contributed by atoms with Gasteiger partial charge in [0.1, 0.15) is 0 Å². The van der Waals surface area contributed by atoms with Gasteiger partial charge in [0.05, 0.1) is 24.3 Å². The predicted molar refractivity (Wildman–Crippen MR) is 124 cm³/mol. The summed E-state index contributed by atoms with van der Waals surface area (Å²) in [6, 6.07) is 4.95. The second-order valence-electron chi connectivity index (χ2n) is 7.86. The summed E-state index contributed by atoms with van der Waals surface area (Å²) in [5.41, 5.74) is 0.465. The fourth-order valence-corrected chi connectivity index (χ4v) is 3.61. The number of benzene rings is 1. The number of hydrogen-bond donors (Lipinski definition) is 1. The molecule has 0 aromatic heterocycles. The van der Waals surface area contributed by atoms with Crippen molar-refractivity contribution < 1.29 is 19.1 Å². The van der Waals surface area contributed by atoms with E-state index in [0.29, 0.717) is 29.9 Å². The van der Waals surface area contributed by atoms with Gasteiger partial charge in [-0.2, -0.15) is 0 Å². The first-order chi connectivity index (χ1) is 14.5. The van der Waals surface area contributed by atoms with E-state index in [-0.39, 0.29) is 11.1 Å². The Balaban J connectivity index is 2.86. The Morgan fingerprint density at radius 1 is 0.867 bits per heavy atom. The topological polar surface area (TPSA) is 78.6 Å². The summed E-state index contributed by atoms with van der Waals surface area (Å²) in [5, 5.41) is 5.65. The van der Waals surface area contributed by atoms with Crippen molar-refractivity contribution in [2.45, 2.75) is 84.0 Å². The number of nitrogens with two attached hydrogens (primary N) is 1. The Labute approximate surface area is 186 Å². The number of esters is 2. The van der Waals surface area contributed by atoms with Crippen LogP contribution in [0.2, 0.25) is 0 Å². The molecule has 0 bridgehead atoms. The van der Waals surface area contributed by atoms with E-state index in [2.05, 4.69) is 27.7 Å². The van der Waals surface area contributed by atoms with Gasteiger partial charge in [0.15, 0.2) is 0 Å². The van der Waals surface area contributed by atoms with Crippen LogP contribution in [0.4, 0.5) is 0 Å². The van der Waals surface area contributed by atoms with Crippen LogP contribution in [0.25, 0.3) is 0 Å². The van der Waals surface area contributed by atoms with Crippen molar-refractivity contribution >= 4 is 23.9 Å². The van der Waals surface area contributed by atoms with Gasteiger partial charge in [-0.1, -0.05) is 66.2 Å². The average molecular weight is 438 g/mol. The molecular formula is C24H39NO4S. The van der Waals surface area contributed by atoms with E-state index in [1.54, 1.807) is 18.2 Å². The molecule has 1 aromatic carbocycles. The van der Waals surface area contributed by atoms with Crippen LogP contribution in [0.3, 0.4) is 0 Å². The molecule has 2 N–H and O–H groups in total. The third kappa shape index (κ3) is 9.09. The molecular weight excluding hydrogens is 398 g/mol. The summed E-state index contributed by atoms with van der Waals surface area (Å²) in [7, 11) is 0. The zero-order chi connectivity index (χ0) is 22.4. The molecule has 6 heteroatoms. The van der Waals surface area contributed by atoms with E-state index in [1.807, 2.05) is 0 Å². The Morgan fingerprint density at radius 3 is 1.80 bits per heavy atom. The fourth-order valence-electron chi connectivity index (χ4n) is 3.28. The van der Waals surface area contributed by atoms with Gasteiger partial charge in [0.25, 0.3) is 0 Å². The van der Waals surface area contributed by atoms with Crippen LogP contribution in [-0.2, 0) is 9.47 Å². The standard InChI is InChI=1S/C24H39NO4S/c1-5-9-11-18(7-3)16-28-23(26)21-14-13-20(30-25)15-22(21)24(27)29-17-19(8-4)12-10-6-2/h13-15,18-19H,5-12,16-17,25H2,1-4H3.